The van der Waals surface area contributed by atoms with Gasteiger partial charge in [0.2, 0.25) is 0 Å². The van der Waals surface area contributed by atoms with Crippen LogP contribution in [0.25, 0.3) is 0 Å². The summed E-state index contributed by atoms with van der Waals surface area (Å²) in [6, 6.07) is 6.87. The van der Waals surface area contributed by atoms with Crippen LogP contribution in [0.5, 0.6) is 0 Å². The number of rotatable bonds is 5. The zero-order chi connectivity index (χ0) is 14.3. The molecule has 6 heteroatoms. The molecule has 0 bridgehead atoms. The minimum atomic E-state index is -3.32. The highest BCUT2D eigenvalue weighted by molar-refractivity contribution is 7.92. The number of sulfone groups is 1. The van der Waals surface area contributed by atoms with E-state index in [1.807, 2.05) is 0 Å². The molecule has 0 amide bonds. The number of hydrogen-bond acceptors (Lipinski definition) is 4. The lowest BCUT2D eigenvalue weighted by Crippen LogP contribution is -2.23. The van der Waals surface area contributed by atoms with Crippen LogP contribution in [-0.2, 0) is 9.84 Å². The fourth-order valence-electron chi connectivity index (χ4n) is 2.80. The van der Waals surface area contributed by atoms with E-state index in [4.69, 9.17) is 11.6 Å². The van der Waals surface area contributed by atoms with Crippen LogP contribution in [0.1, 0.15) is 18.4 Å². The number of benzene rings is 1. The lowest BCUT2D eigenvalue weighted by molar-refractivity contribution is 0.130. The van der Waals surface area contributed by atoms with Gasteiger partial charge in [-0.1, -0.05) is 30.7 Å². The van der Waals surface area contributed by atoms with Crippen molar-refractivity contribution in [3.8, 4) is 0 Å². The average Bonchev–Trinajstić information content (AvgIpc) is 3.10. The van der Waals surface area contributed by atoms with Crippen molar-refractivity contribution in [1.82, 2.24) is 0 Å². The van der Waals surface area contributed by atoms with Crippen LogP contribution in [0.3, 0.4) is 0 Å². The van der Waals surface area contributed by atoms with Gasteiger partial charge in [0, 0.05) is 22.1 Å². The summed E-state index contributed by atoms with van der Waals surface area (Å²) in [6.45, 7) is 0.882. The maximum atomic E-state index is 12.1. The summed E-state index contributed by atoms with van der Waals surface area (Å²) in [7, 11) is -3.32. The lowest BCUT2D eigenvalue weighted by Gasteiger charge is -2.10. The molecule has 1 fully saturated rings. The Labute approximate surface area is 117 Å². The highest BCUT2D eigenvalue weighted by Crippen LogP contribution is 2.62. The van der Waals surface area contributed by atoms with Crippen LogP contribution in [0.15, 0.2) is 24.3 Å². The Morgan fingerprint density at radius 1 is 1.21 bits per heavy atom. The fraction of sp³-hybridized carbons (Fsp3) is 0.538. The molecule has 2 N–H and O–H groups in total. The van der Waals surface area contributed by atoms with Gasteiger partial charge in [0.25, 0.3) is 0 Å². The molecule has 0 radical (unpaired) electrons. The molecule has 4 nitrogen and oxygen atoms in total. The molecule has 19 heavy (non-hydrogen) atoms. The molecule has 1 aromatic rings. The Balaban J connectivity index is 2.42. The third kappa shape index (κ3) is 2.29. The summed E-state index contributed by atoms with van der Waals surface area (Å²) in [5.41, 5.74) is -0.183. The number of halogens is 1. The Kier molecular flexibility index (Phi) is 3.93. The van der Waals surface area contributed by atoms with Crippen LogP contribution in [0, 0.1) is 5.41 Å². The van der Waals surface area contributed by atoms with Gasteiger partial charge in [-0.3, -0.25) is 0 Å². The number of hydrogen-bond donors (Lipinski definition) is 2. The maximum Gasteiger partial charge on any atom is 0.154 e. The predicted molar refractivity (Wildman–Crippen MR) is 74.0 cm³/mol. The topological polar surface area (TPSA) is 74.6 Å². The van der Waals surface area contributed by atoms with Gasteiger partial charge < -0.3 is 10.2 Å². The van der Waals surface area contributed by atoms with E-state index < -0.39 is 20.5 Å². The Morgan fingerprint density at radius 2 is 1.74 bits per heavy atom. The molecule has 1 aliphatic carbocycles. The minimum Gasteiger partial charge on any atom is -0.396 e. The normalized spacial score (nSPS) is 25.3. The molecule has 0 aromatic heterocycles. The summed E-state index contributed by atoms with van der Waals surface area (Å²) in [4.78, 5) is 0. The Hall–Kier alpha value is -0.620. The first-order chi connectivity index (χ1) is 8.93. The van der Waals surface area contributed by atoms with E-state index in [-0.39, 0.29) is 24.9 Å². The summed E-state index contributed by atoms with van der Waals surface area (Å²) in [6.07, 6.45) is 0. The zero-order valence-electron chi connectivity index (χ0n) is 10.6. The highest BCUT2D eigenvalue weighted by atomic mass is 35.5. The van der Waals surface area contributed by atoms with E-state index in [9.17, 15) is 18.6 Å². The van der Waals surface area contributed by atoms with Crippen molar-refractivity contribution in [3.05, 3.63) is 34.9 Å². The molecule has 1 aromatic carbocycles. The fourth-order valence-corrected chi connectivity index (χ4v) is 5.06. The zero-order valence-corrected chi connectivity index (χ0v) is 12.2. The molecular weight excluding hydrogens is 288 g/mol. The van der Waals surface area contributed by atoms with Gasteiger partial charge in [-0.05, 0) is 17.7 Å². The molecule has 106 valence electrons. The molecule has 0 saturated heterocycles. The Morgan fingerprint density at radius 3 is 2.16 bits per heavy atom. The van der Waals surface area contributed by atoms with E-state index in [0.717, 1.165) is 5.56 Å². The molecule has 0 spiro atoms. The van der Waals surface area contributed by atoms with Crippen molar-refractivity contribution in [3.63, 3.8) is 0 Å². The van der Waals surface area contributed by atoms with Crippen LogP contribution in [-0.4, -0.2) is 42.8 Å². The number of aliphatic hydroxyl groups excluding tert-OH is 2. The SMILES string of the molecule is CCS(=O)(=O)[C@H]1[C@@H](c2ccc(Cl)cc2)C1(CO)CO. The Bertz CT molecular complexity index is 549. The molecule has 0 unspecified atom stereocenters. The largest absolute Gasteiger partial charge is 0.396 e. The third-order valence-electron chi connectivity index (χ3n) is 3.99. The molecule has 1 saturated carbocycles. The predicted octanol–water partition coefficient (Wildman–Crippen LogP) is 1.21. The number of aliphatic hydroxyl groups is 2. The van der Waals surface area contributed by atoms with Gasteiger partial charge in [-0.25, -0.2) is 8.42 Å². The van der Waals surface area contributed by atoms with Crippen molar-refractivity contribution >= 4 is 21.4 Å². The standard InChI is InChI=1S/C13H17ClO4S/c1-2-19(17,18)12-11(13(12,7-15)8-16)9-3-5-10(14)6-4-9/h3-6,11-12,15-16H,2,7-8H2,1H3/t11-,12+/m1/s1. The van der Waals surface area contributed by atoms with Crippen molar-refractivity contribution in [2.24, 2.45) is 5.41 Å². The molecule has 0 heterocycles. The van der Waals surface area contributed by atoms with Gasteiger partial charge in [0.15, 0.2) is 9.84 Å². The quantitative estimate of drug-likeness (QED) is 0.857. The van der Waals surface area contributed by atoms with Crippen molar-refractivity contribution < 1.29 is 18.6 Å². The van der Waals surface area contributed by atoms with E-state index >= 15 is 0 Å². The van der Waals surface area contributed by atoms with Crippen LogP contribution < -0.4 is 0 Å². The monoisotopic (exact) mass is 304 g/mol. The summed E-state index contributed by atoms with van der Waals surface area (Å²) in [5.74, 6) is -0.367. The van der Waals surface area contributed by atoms with Crippen molar-refractivity contribution in [2.75, 3.05) is 19.0 Å². The minimum absolute atomic E-state index is 0.00348. The molecule has 2 atom stereocenters. The highest BCUT2D eigenvalue weighted by Gasteiger charge is 2.69. The summed E-state index contributed by atoms with van der Waals surface area (Å²) < 4.78 is 24.2. The first-order valence-electron chi connectivity index (χ1n) is 6.11. The van der Waals surface area contributed by atoms with Gasteiger partial charge >= 0.3 is 0 Å². The van der Waals surface area contributed by atoms with Gasteiger partial charge in [-0.15, -0.1) is 0 Å². The van der Waals surface area contributed by atoms with Gasteiger partial charge in [0.1, 0.15) is 0 Å². The van der Waals surface area contributed by atoms with Crippen LogP contribution >= 0.6 is 11.6 Å². The van der Waals surface area contributed by atoms with E-state index in [1.165, 1.54) is 0 Å². The third-order valence-corrected chi connectivity index (χ3v) is 6.56. The average molecular weight is 305 g/mol. The first kappa shape index (κ1) is 14.8. The van der Waals surface area contributed by atoms with E-state index in [2.05, 4.69) is 0 Å². The second-order valence-corrected chi connectivity index (χ2v) is 7.80. The molecule has 2 rings (SSSR count). The smallest absolute Gasteiger partial charge is 0.154 e. The maximum absolute atomic E-state index is 12.1. The van der Waals surface area contributed by atoms with Crippen molar-refractivity contribution in [2.45, 2.75) is 18.1 Å². The van der Waals surface area contributed by atoms with E-state index in [1.54, 1.807) is 31.2 Å². The second-order valence-electron chi connectivity index (χ2n) is 4.95. The molecule has 0 aliphatic heterocycles. The first-order valence-corrected chi connectivity index (χ1v) is 8.21. The van der Waals surface area contributed by atoms with Crippen LogP contribution in [0.2, 0.25) is 5.02 Å². The summed E-state index contributed by atoms with van der Waals surface area (Å²) >= 11 is 5.81. The lowest BCUT2D eigenvalue weighted by atomic mass is 10.0. The van der Waals surface area contributed by atoms with Gasteiger partial charge in [0.05, 0.1) is 18.5 Å². The molecular formula is C13H17ClO4S. The van der Waals surface area contributed by atoms with Gasteiger partial charge in [-0.2, -0.15) is 0 Å². The second kappa shape index (κ2) is 5.05. The van der Waals surface area contributed by atoms with Crippen molar-refractivity contribution in [1.29, 1.82) is 0 Å². The van der Waals surface area contributed by atoms with E-state index in [0.29, 0.717) is 5.02 Å². The van der Waals surface area contributed by atoms with Crippen LogP contribution in [0.4, 0.5) is 0 Å². The molecule has 1 aliphatic rings. The summed E-state index contributed by atoms with van der Waals surface area (Å²) in [5, 5.41) is 18.9.